The summed E-state index contributed by atoms with van der Waals surface area (Å²) in [7, 11) is 0. The molecule has 2 nitrogen and oxygen atoms in total. The van der Waals surface area contributed by atoms with E-state index >= 15 is 0 Å². The number of pyridine rings is 1. The molecular formula is C18H13NO. The lowest BCUT2D eigenvalue weighted by Gasteiger charge is -2.05. The molecule has 0 bridgehead atoms. The van der Waals surface area contributed by atoms with Gasteiger partial charge in [-0.15, -0.1) is 0 Å². The first-order valence-electron chi connectivity index (χ1n) is 6.44. The minimum atomic E-state index is 0.689. The van der Waals surface area contributed by atoms with E-state index in [1.165, 1.54) is 0 Å². The number of carbonyl (C=O) groups excluding carboxylic acids is 1. The van der Waals surface area contributed by atoms with Crippen molar-refractivity contribution in [3.05, 3.63) is 78.5 Å². The smallest absolute Gasteiger partial charge is 0.150 e. The van der Waals surface area contributed by atoms with E-state index in [1.54, 1.807) is 6.20 Å². The van der Waals surface area contributed by atoms with Crippen LogP contribution in [0.1, 0.15) is 10.4 Å². The summed E-state index contributed by atoms with van der Waals surface area (Å²) >= 11 is 0. The molecule has 0 aliphatic heterocycles. The first kappa shape index (κ1) is 12.3. The van der Waals surface area contributed by atoms with Crippen LogP contribution >= 0.6 is 0 Å². The molecule has 0 aliphatic carbocycles. The van der Waals surface area contributed by atoms with Gasteiger partial charge in [0.2, 0.25) is 0 Å². The van der Waals surface area contributed by atoms with Crippen molar-refractivity contribution < 1.29 is 4.79 Å². The van der Waals surface area contributed by atoms with E-state index in [0.717, 1.165) is 28.7 Å². The summed E-state index contributed by atoms with van der Waals surface area (Å²) in [6.45, 7) is 0. The van der Waals surface area contributed by atoms with Crippen LogP contribution in [0.2, 0.25) is 0 Å². The van der Waals surface area contributed by atoms with Gasteiger partial charge in [-0.1, -0.05) is 48.5 Å². The molecule has 1 heterocycles. The molecule has 0 saturated heterocycles. The molecule has 0 saturated carbocycles. The molecule has 2 heteroatoms. The van der Waals surface area contributed by atoms with Crippen LogP contribution in [-0.2, 0) is 0 Å². The number of aldehydes is 1. The molecule has 96 valence electrons. The van der Waals surface area contributed by atoms with E-state index in [4.69, 9.17) is 0 Å². The summed E-state index contributed by atoms with van der Waals surface area (Å²) < 4.78 is 0. The summed E-state index contributed by atoms with van der Waals surface area (Å²) in [5, 5.41) is 0. The van der Waals surface area contributed by atoms with Gasteiger partial charge in [-0.25, -0.2) is 0 Å². The van der Waals surface area contributed by atoms with E-state index in [-0.39, 0.29) is 0 Å². The van der Waals surface area contributed by atoms with Crippen molar-refractivity contribution in [3.63, 3.8) is 0 Å². The summed E-state index contributed by atoms with van der Waals surface area (Å²) in [4.78, 5) is 15.0. The monoisotopic (exact) mass is 259 g/mol. The zero-order valence-electron chi connectivity index (χ0n) is 10.9. The molecule has 1 aromatic heterocycles. The highest BCUT2D eigenvalue weighted by molar-refractivity contribution is 5.78. The zero-order valence-corrected chi connectivity index (χ0v) is 10.9. The summed E-state index contributed by atoms with van der Waals surface area (Å²) in [6, 6.07) is 21.7. The number of rotatable bonds is 3. The molecule has 3 aromatic rings. The maximum absolute atomic E-state index is 10.7. The van der Waals surface area contributed by atoms with Crippen molar-refractivity contribution in [3.8, 4) is 22.4 Å². The second-order valence-corrected chi connectivity index (χ2v) is 4.54. The molecule has 0 aliphatic rings. The third-order valence-electron chi connectivity index (χ3n) is 3.20. The van der Waals surface area contributed by atoms with Crippen molar-refractivity contribution >= 4 is 6.29 Å². The molecule has 3 rings (SSSR count). The minimum Gasteiger partial charge on any atom is -0.298 e. The van der Waals surface area contributed by atoms with Gasteiger partial charge in [0.25, 0.3) is 0 Å². The van der Waals surface area contributed by atoms with E-state index in [9.17, 15) is 4.79 Å². The second-order valence-electron chi connectivity index (χ2n) is 4.54. The molecule has 0 amide bonds. The third kappa shape index (κ3) is 2.50. The molecule has 0 radical (unpaired) electrons. The maximum Gasteiger partial charge on any atom is 0.150 e. The predicted octanol–water partition coefficient (Wildman–Crippen LogP) is 4.23. The largest absolute Gasteiger partial charge is 0.298 e. The first-order valence-corrected chi connectivity index (χ1v) is 6.44. The molecule has 0 spiro atoms. The summed E-state index contributed by atoms with van der Waals surface area (Å²) in [5.41, 5.74) is 4.94. The van der Waals surface area contributed by atoms with Crippen molar-refractivity contribution in [1.29, 1.82) is 0 Å². The van der Waals surface area contributed by atoms with Crippen LogP contribution in [0.15, 0.2) is 72.9 Å². The molecule has 20 heavy (non-hydrogen) atoms. The molecular weight excluding hydrogens is 246 g/mol. The Morgan fingerprint density at radius 1 is 0.750 bits per heavy atom. The highest BCUT2D eigenvalue weighted by Gasteiger charge is 2.02. The van der Waals surface area contributed by atoms with Gasteiger partial charge in [-0.05, 0) is 29.3 Å². The Hall–Kier alpha value is -2.74. The Kier molecular flexibility index (Phi) is 3.38. The lowest BCUT2D eigenvalue weighted by atomic mass is 10.0. The second kappa shape index (κ2) is 5.49. The topological polar surface area (TPSA) is 30.0 Å². The average Bonchev–Trinajstić information content (AvgIpc) is 2.56. The van der Waals surface area contributed by atoms with Crippen LogP contribution in [-0.4, -0.2) is 11.3 Å². The van der Waals surface area contributed by atoms with Crippen LogP contribution < -0.4 is 0 Å². The maximum atomic E-state index is 10.7. The number of hydrogen-bond acceptors (Lipinski definition) is 2. The Morgan fingerprint density at radius 3 is 2.25 bits per heavy atom. The fourth-order valence-corrected chi connectivity index (χ4v) is 2.15. The average molecular weight is 259 g/mol. The van der Waals surface area contributed by atoms with E-state index in [2.05, 4.69) is 17.1 Å². The van der Waals surface area contributed by atoms with Gasteiger partial charge < -0.3 is 0 Å². The van der Waals surface area contributed by atoms with Gasteiger partial charge >= 0.3 is 0 Å². The van der Waals surface area contributed by atoms with Gasteiger partial charge in [0.15, 0.2) is 0 Å². The standard InChI is InChI=1S/C18H13NO/c20-13-14-7-9-15(10-8-14)16-4-3-5-17(12-16)18-6-1-2-11-19-18/h1-13H. The molecule has 0 atom stereocenters. The number of carbonyl (C=O) groups is 1. The fraction of sp³-hybridized carbons (Fsp3) is 0. The lowest BCUT2D eigenvalue weighted by molar-refractivity contribution is 0.112. The van der Waals surface area contributed by atoms with Crippen LogP contribution in [0, 0.1) is 0 Å². The highest BCUT2D eigenvalue weighted by Crippen LogP contribution is 2.25. The van der Waals surface area contributed by atoms with Crippen LogP contribution in [0.3, 0.4) is 0 Å². The van der Waals surface area contributed by atoms with E-state index < -0.39 is 0 Å². The number of hydrogen-bond donors (Lipinski definition) is 0. The number of benzene rings is 2. The Labute approximate surface area is 117 Å². The van der Waals surface area contributed by atoms with Gasteiger partial charge in [-0.2, -0.15) is 0 Å². The van der Waals surface area contributed by atoms with E-state index in [0.29, 0.717) is 5.56 Å². The fourth-order valence-electron chi connectivity index (χ4n) is 2.15. The molecule has 2 aromatic carbocycles. The summed E-state index contributed by atoms with van der Waals surface area (Å²) in [6.07, 6.45) is 2.65. The van der Waals surface area contributed by atoms with Crippen molar-refractivity contribution in [2.75, 3.05) is 0 Å². The minimum absolute atomic E-state index is 0.689. The number of aromatic nitrogens is 1. The van der Waals surface area contributed by atoms with Gasteiger partial charge in [0.1, 0.15) is 6.29 Å². The van der Waals surface area contributed by atoms with Crippen molar-refractivity contribution in [2.24, 2.45) is 0 Å². The predicted molar refractivity (Wildman–Crippen MR) is 80.5 cm³/mol. The molecule has 0 N–H and O–H groups in total. The van der Waals surface area contributed by atoms with Crippen LogP contribution in [0.25, 0.3) is 22.4 Å². The Balaban J connectivity index is 2.00. The Bertz CT molecular complexity index is 718. The van der Waals surface area contributed by atoms with Crippen LogP contribution in [0.4, 0.5) is 0 Å². The normalized spacial score (nSPS) is 10.2. The SMILES string of the molecule is O=Cc1ccc(-c2cccc(-c3ccccn3)c2)cc1. The van der Waals surface area contributed by atoms with Gasteiger partial charge in [0.05, 0.1) is 5.69 Å². The van der Waals surface area contributed by atoms with Gasteiger partial charge in [0, 0.05) is 17.3 Å². The van der Waals surface area contributed by atoms with Crippen LogP contribution in [0.5, 0.6) is 0 Å². The lowest BCUT2D eigenvalue weighted by Crippen LogP contribution is -1.84. The quantitative estimate of drug-likeness (QED) is 0.659. The number of nitrogens with zero attached hydrogens (tertiary/aromatic N) is 1. The van der Waals surface area contributed by atoms with Gasteiger partial charge in [-0.3, -0.25) is 9.78 Å². The summed E-state index contributed by atoms with van der Waals surface area (Å²) in [5.74, 6) is 0. The zero-order chi connectivity index (χ0) is 13.8. The van der Waals surface area contributed by atoms with E-state index in [1.807, 2.05) is 54.6 Å². The molecule has 0 fully saturated rings. The Morgan fingerprint density at radius 2 is 1.55 bits per heavy atom. The van der Waals surface area contributed by atoms with Crippen molar-refractivity contribution in [1.82, 2.24) is 4.98 Å². The highest BCUT2D eigenvalue weighted by atomic mass is 16.1. The third-order valence-corrected chi connectivity index (χ3v) is 3.20. The van der Waals surface area contributed by atoms with Crippen molar-refractivity contribution in [2.45, 2.75) is 0 Å². The molecule has 0 unspecified atom stereocenters. The first-order chi connectivity index (χ1) is 9.86.